The van der Waals surface area contributed by atoms with Crippen molar-refractivity contribution in [2.24, 2.45) is 11.8 Å². The molecule has 4 atom stereocenters. The highest BCUT2D eigenvalue weighted by Crippen LogP contribution is 2.76. The Morgan fingerprint density at radius 1 is 0.842 bits per heavy atom. The molecule has 0 aromatic heterocycles. The van der Waals surface area contributed by atoms with Crippen molar-refractivity contribution < 1.29 is 19.8 Å². The minimum absolute atomic E-state index is 0.347. The van der Waals surface area contributed by atoms with Crippen LogP contribution in [0.4, 0.5) is 0 Å². The molecular formula is C9H4Cl6O4. The fourth-order valence-corrected chi connectivity index (χ4v) is 5.54. The van der Waals surface area contributed by atoms with E-state index in [0.29, 0.717) is 0 Å². The van der Waals surface area contributed by atoms with E-state index >= 15 is 0 Å². The number of rotatable bonds is 2. The third-order valence-corrected chi connectivity index (χ3v) is 7.73. The molecule has 19 heavy (non-hydrogen) atoms. The largest absolute Gasteiger partial charge is 0.481 e. The molecule has 0 aromatic rings. The zero-order chi connectivity index (χ0) is 15.0. The summed E-state index contributed by atoms with van der Waals surface area (Å²) in [6, 6.07) is 0. The summed E-state index contributed by atoms with van der Waals surface area (Å²) in [5, 5.41) is 17.8. The molecular weight excluding hydrogens is 385 g/mol. The van der Waals surface area contributed by atoms with Gasteiger partial charge in [-0.3, -0.25) is 9.59 Å². The molecule has 0 amide bonds. The fourth-order valence-electron chi connectivity index (χ4n) is 2.61. The van der Waals surface area contributed by atoms with E-state index in [1.807, 2.05) is 0 Å². The topological polar surface area (TPSA) is 74.6 Å². The summed E-state index contributed by atoms with van der Waals surface area (Å²) in [5.41, 5.74) is 0. The second kappa shape index (κ2) is 4.21. The van der Waals surface area contributed by atoms with Crippen molar-refractivity contribution in [1.29, 1.82) is 0 Å². The van der Waals surface area contributed by atoms with Crippen molar-refractivity contribution >= 4 is 81.5 Å². The molecule has 4 nitrogen and oxygen atoms in total. The summed E-state index contributed by atoms with van der Waals surface area (Å²) in [6.07, 6.45) is 0. The van der Waals surface area contributed by atoms with Crippen LogP contribution < -0.4 is 0 Å². The first-order chi connectivity index (χ1) is 8.45. The van der Waals surface area contributed by atoms with Crippen LogP contribution in [-0.2, 0) is 9.59 Å². The Morgan fingerprint density at radius 2 is 1.11 bits per heavy atom. The Kier molecular flexibility index (Phi) is 3.50. The number of carboxylic acids is 2. The summed E-state index contributed by atoms with van der Waals surface area (Å²) in [6.45, 7) is 0. The van der Waals surface area contributed by atoms with E-state index in [9.17, 15) is 19.8 Å². The Labute approximate surface area is 137 Å². The highest BCUT2D eigenvalue weighted by Gasteiger charge is 2.85. The van der Waals surface area contributed by atoms with Crippen molar-refractivity contribution in [3.63, 3.8) is 0 Å². The van der Waals surface area contributed by atoms with Gasteiger partial charge in [0, 0.05) is 0 Å². The molecule has 0 spiro atoms. The number of carboxylic acid groups (broad SMARTS) is 2. The van der Waals surface area contributed by atoms with E-state index in [1.54, 1.807) is 0 Å². The van der Waals surface area contributed by atoms with Crippen LogP contribution in [0.2, 0.25) is 0 Å². The molecule has 0 saturated heterocycles. The zero-order valence-electron chi connectivity index (χ0n) is 8.63. The van der Waals surface area contributed by atoms with Gasteiger partial charge >= 0.3 is 11.9 Å². The number of alkyl halides is 4. The van der Waals surface area contributed by atoms with E-state index < -0.39 is 37.9 Å². The number of hydrogen-bond acceptors (Lipinski definition) is 2. The van der Waals surface area contributed by atoms with Crippen LogP contribution in [-0.4, -0.2) is 36.2 Å². The lowest BCUT2D eigenvalue weighted by Crippen LogP contribution is -2.45. The molecule has 2 rings (SSSR count). The van der Waals surface area contributed by atoms with E-state index in [1.165, 1.54) is 0 Å². The summed E-state index contributed by atoms with van der Waals surface area (Å²) in [4.78, 5) is 18.5. The summed E-state index contributed by atoms with van der Waals surface area (Å²) in [5.74, 6) is -6.49. The lowest BCUT2D eigenvalue weighted by molar-refractivity contribution is -0.153. The van der Waals surface area contributed by atoms with E-state index in [4.69, 9.17) is 69.6 Å². The van der Waals surface area contributed by atoms with E-state index in [-0.39, 0.29) is 10.1 Å². The van der Waals surface area contributed by atoms with Gasteiger partial charge < -0.3 is 10.2 Å². The Balaban J connectivity index is 2.84. The Hall–Kier alpha value is 0.420. The van der Waals surface area contributed by atoms with Gasteiger partial charge in [0.05, 0.1) is 21.9 Å². The number of fused-ring (bicyclic) bond motifs is 2. The van der Waals surface area contributed by atoms with Gasteiger partial charge in [0.1, 0.15) is 9.75 Å². The monoisotopic (exact) mass is 386 g/mol. The average molecular weight is 389 g/mol. The molecule has 0 heterocycles. The lowest BCUT2D eigenvalue weighted by atomic mass is 9.82. The van der Waals surface area contributed by atoms with Gasteiger partial charge in [-0.05, 0) is 0 Å². The molecule has 0 aliphatic heterocycles. The molecule has 0 aromatic carbocycles. The normalized spacial score (nSPS) is 43.7. The zero-order valence-corrected chi connectivity index (χ0v) is 13.2. The molecule has 0 unspecified atom stereocenters. The van der Waals surface area contributed by atoms with Gasteiger partial charge in [-0.1, -0.05) is 46.4 Å². The highest BCUT2D eigenvalue weighted by atomic mass is 35.5. The lowest BCUT2D eigenvalue weighted by Gasteiger charge is -2.31. The van der Waals surface area contributed by atoms with Gasteiger partial charge in [-0.2, -0.15) is 0 Å². The number of allylic oxidation sites excluding steroid dienone is 2. The van der Waals surface area contributed by atoms with Gasteiger partial charge in [-0.15, -0.1) is 23.2 Å². The first-order valence-electron chi connectivity index (χ1n) is 4.73. The van der Waals surface area contributed by atoms with Gasteiger partial charge in [0.25, 0.3) is 0 Å². The summed E-state index contributed by atoms with van der Waals surface area (Å²) < 4.78 is -2.18. The second-order valence-corrected chi connectivity index (χ2v) is 7.53. The number of aliphatic carboxylic acids is 2. The maximum absolute atomic E-state index is 11.3. The third-order valence-electron chi connectivity index (χ3n) is 3.47. The molecule has 2 bridgehead atoms. The number of carbonyl (C=O) groups is 2. The quantitative estimate of drug-likeness (QED) is 0.712. The predicted octanol–water partition coefficient (Wildman–Crippen LogP) is 3.23. The van der Waals surface area contributed by atoms with Crippen molar-refractivity contribution in [3.05, 3.63) is 10.1 Å². The van der Waals surface area contributed by atoms with Gasteiger partial charge in [0.2, 0.25) is 0 Å². The van der Waals surface area contributed by atoms with Crippen molar-refractivity contribution in [2.75, 3.05) is 0 Å². The number of halogens is 6. The van der Waals surface area contributed by atoms with Crippen molar-refractivity contribution in [1.82, 2.24) is 0 Å². The number of hydrogen-bond donors (Lipinski definition) is 2. The Bertz CT molecular complexity index is 487. The molecule has 1 fully saturated rings. The van der Waals surface area contributed by atoms with Crippen LogP contribution in [0.15, 0.2) is 10.1 Å². The molecule has 106 valence electrons. The Morgan fingerprint density at radius 3 is 1.32 bits per heavy atom. The maximum atomic E-state index is 11.3. The van der Waals surface area contributed by atoms with E-state index in [0.717, 1.165) is 0 Å². The minimum Gasteiger partial charge on any atom is -0.481 e. The van der Waals surface area contributed by atoms with Gasteiger partial charge in [-0.25, -0.2) is 0 Å². The standard InChI is InChI=1S/C9H4Cl6O4/c10-3-4(11)8(13)2(6(18)19)1(5(16)17)7(3,12)9(8,14)15/h1-2H,(H,16,17)(H,18,19)/t1-,2-,7-,8+/m1/s1. The smallest absolute Gasteiger partial charge is 0.309 e. The molecule has 2 aliphatic rings. The summed E-state index contributed by atoms with van der Waals surface area (Å²) >= 11 is 36.2. The van der Waals surface area contributed by atoms with Crippen molar-refractivity contribution in [3.8, 4) is 0 Å². The maximum Gasteiger partial charge on any atom is 0.309 e. The molecule has 2 aliphatic carbocycles. The molecule has 10 heteroatoms. The van der Waals surface area contributed by atoms with Crippen LogP contribution in [0, 0.1) is 11.8 Å². The SMILES string of the molecule is O=C(O)[C@H]1[C@H](C(=O)O)[C@@]2(Cl)C(Cl)=C(Cl)[C@]1(Cl)C2(Cl)Cl. The van der Waals surface area contributed by atoms with Crippen LogP contribution in [0.5, 0.6) is 0 Å². The average Bonchev–Trinajstić information content (AvgIpc) is 2.48. The first-order valence-corrected chi connectivity index (χ1v) is 7.00. The van der Waals surface area contributed by atoms with Crippen molar-refractivity contribution in [2.45, 2.75) is 14.1 Å². The van der Waals surface area contributed by atoms with Crippen LogP contribution in [0.3, 0.4) is 0 Å². The second-order valence-electron chi connectivity index (χ2n) is 4.26. The first kappa shape index (κ1) is 15.8. The fraction of sp³-hybridized carbons (Fsp3) is 0.556. The molecule has 2 N–H and O–H groups in total. The van der Waals surface area contributed by atoms with Crippen LogP contribution in [0.1, 0.15) is 0 Å². The highest BCUT2D eigenvalue weighted by molar-refractivity contribution is 6.66. The van der Waals surface area contributed by atoms with E-state index in [2.05, 4.69) is 0 Å². The minimum atomic E-state index is -2.18. The molecule has 1 saturated carbocycles. The summed E-state index contributed by atoms with van der Waals surface area (Å²) in [7, 11) is 0. The van der Waals surface area contributed by atoms with Crippen LogP contribution in [0.25, 0.3) is 0 Å². The molecule has 0 radical (unpaired) electrons. The predicted molar refractivity (Wildman–Crippen MR) is 72.6 cm³/mol. The van der Waals surface area contributed by atoms with Crippen LogP contribution >= 0.6 is 69.6 Å². The van der Waals surface area contributed by atoms with Gasteiger partial charge in [0.15, 0.2) is 4.33 Å². The third kappa shape index (κ3) is 1.46.